The Balaban J connectivity index is 2.92. The molecular weight excluding hydrogens is 230 g/mol. The lowest BCUT2D eigenvalue weighted by Gasteiger charge is -2.21. The summed E-state index contributed by atoms with van der Waals surface area (Å²) in [5.41, 5.74) is -1.69. The fraction of sp³-hybridized carbons (Fsp3) is 0.571. The summed E-state index contributed by atoms with van der Waals surface area (Å²) in [6.45, 7) is 3.44. The molecule has 0 aromatic heterocycles. The molecule has 0 aromatic carbocycles. The number of carbonyl (C=O) groups is 1. The van der Waals surface area contributed by atoms with Gasteiger partial charge in [0.15, 0.2) is 0 Å². The first-order valence-corrected chi connectivity index (χ1v) is 5.97. The largest absolute Gasteiger partial charge is 0.478 e. The van der Waals surface area contributed by atoms with Crippen molar-refractivity contribution in [3.8, 4) is 17.9 Å². The Hall–Kier alpha value is -1.78. The minimum atomic E-state index is -1.38. The molecule has 0 aliphatic heterocycles. The number of nitrogens with zero attached hydrogens (tertiary/aromatic N) is 1. The zero-order valence-corrected chi connectivity index (χ0v) is 10.7. The van der Waals surface area contributed by atoms with E-state index in [1.165, 1.54) is 6.92 Å². The van der Waals surface area contributed by atoms with Crippen LogP contribution in [0.15, 0.2) is 11.6 Å². The Morgan fingerprint density at radius 2 is 2.17 bits per heavy atom. The van der Waals surface area contributed by atoms with Crippen LogP contribution in [-0.2, 0) is 4.79 Å². The summed E-state index contributed by atoms with van der Waals surface area (Å²) >= 11 is 0. The highest BCUT2D eigenvalue weighted by molar-refractivity contribution is 5.81. The predicted octanol–water partition coefficient (Wildman–Crippen LogP) is 1.86. The van der Waals surface area contributed by atoms with Gasteiger partial charge in [-0.1, -0.05) is 25.2 Å². The average molecular weight is 247 g/mol. The summed E-state index contributed by atoms with van der Waals surface area (Å²) in [5.74, 6) is 4.31. The second-order valence-electron chi connectivity index (χ2n) is 4.77. The topological polar surface area (TPSA) is 81.3 Å². The Morgan fingerprint density at radius 3 is 2.56 bits per heavy atom. The molecule has 0 radical (unpaired) electrons. The molecule has 1 aliphatic carbocycles. The van der Waals surface area contributed by atoms with Crippen LogP contribution < -0.4 is 0 Å². The molecule has 2 N–H and O–H groups in total. The van der Waals surface area contributed by atoms with Crippen molar-refractivity contribution in [3.05, 3.63) is 11.6 Å². The van der Waals surface area contributed by atoms with Gasteiger partial charge in [0.05, 0.1) is 11.5 Å². The van der Waals surface area contributed by atoms with Gasteiger partial charge in [-0.05, 0) is 26.2 Å². The molecule has 18 heavy (non-hydrogen) atoms. The van der Waals surface area contributed by atoms with Gasteiger partial charge in [0.1, 0.15) is 5.60 Å². The molecule has 1 saturated carbocycles. The zero-order chi connectivity index (χ0) is 13.8. The summed E-state index contributed by atoms with van der Waals surface area (Å²) in [6, 6.07) is 2.10. The first-order chi connectivity index (χ1) is 8.37. The molecule has 4 heteroatoms. The average Bonchev–Trinajstić information content (AvgIpc) is 3.07. The van der Waals surface area contributed by atoms with Crippen molar-refractivity contribution >= 4 is 5.97 Å². The van der Waals surface area contributed by atoms with Gasteiger partial charge in [-0.25, -0.2) is 4.79 Å². The summed E-state index contributed by atoms with van der Waals surface area (Å²) in [6.07, 6.45) is 3.65. The van der Waals surface area contributed by atoms with Gasteiger partial charge < -0.3 is 10.2 Å². The fourth-order valence-corrected chi connectivity index (χ4v) is 1.74. The second-order valence-corrected chi connectivity index (χ2v) is 4.77. The van der Waals surface area contributed by atoms with Crippen LogP contribution in [0.5, 0.6) is 0 Å². The number of rotatable bonds is 4. The van der Waals surface area contributed by atoms with Crippen LogP contribution in [0.2, 0.25) is 0 Å². The van der Waals surface area contributed by atoms with Gasteiger partial charge in [0.2, 0.25) is 0 Å². The van der Waals surface area contributed by atoms with Crippen molar-refractivity contribution in [2.45, 2.75) is 45.1 Å². The van der Waals surface area contributed by atoms with Crippen molar-refractivity contribution < 1.29 is 15.0 Å². The SMILES string of the molecule is CCC/C(C#C[C@@](C)(O)C1(C#N)CC1)=C/C(=O)O. The van der Waals surface area contributed by atoms with E-state index in [4.69, 9.17) is 10.4 Å². The molecule has 96 valence electrons. The Labute approximate surface area is 107 Å². The number of carboxylic acid groups (broad SMARTS) is 1. The molecule has 1 rings (SSSR count). The minimum Gasteiger partial charge on any atom is -0.478 e. The normalized spacial score (nSPS) is 20.0. The van der Waals surface area contributed by atoms with Crippen LogP contribution in [0, 0.1) is 28.6 Å². The number of carboxylic acids is 1. The molecule has 0 saturated heterocycles. The first kappa shape index (κ1) is 14.3. The molecule has 1 atom stereocenters. The van der Waals surface area contributed by atoms with Crippen molar-refractivity contribution in [2.75, 3.05) is 0 Å². The molecule has 0 heterocycles. The van der Waals surface area contributed by atoms with E-state index in [0.29, 0.717) is 24.8 Å². The summed E-state index contributed by atoms with van der Waals surface area (Å²) in [5, 5.41) is 27.9. The quantitative estimate of drug-likeness (QED) is 0.587. The third kappa shape index (κ3) is 3.12. The van der Waals surface area contributed by atoms with Gasteiger partial charge in [-0.15, -0.1) is 0 Å². The van der Waals surface area contributed by atoms with Gasteiger partial charge in [0.25, 0.3) is 0 Å². The maximum atomic E-state index is 10.6. The van der Waals surface area contributed by atoms with E-state index in [1.54, 1.807) is 0 Å². The summed E-state index contributed by atoms with van der Waals surface area (Å²) in [7, 11) is 0. The fourth-order valence-electron chi connectivity index (χ4n) is 1.74. The zero-order valence-electron chi connectivity index (χ0n) is 10.7. The van der Waals surface area contributed by atoms with Gasteiger partial charge in [-0.3, -0.25) is 0 Å². The maximum absolute atomic E-state index is 10.6. The van der Waals surface area contributed by atoms with Crippen LogP contribution in [0.1, 0.15) is 39.5 Å². The van der Waals surface area contributed by atoms with E-state index in [2.05, 4.69) is 17.9 Å². The van der Waals surface area contributed by atoms with E-state index >= 15 is 0 Å². The van der Waals surface area contributed by atoms with Crippen LogP contribution >= 0.6 is 0 Å². The monoisotopic (exact) mass is 247 g/mol. The van der Waals surface area contributed by atoms with Crippen molar-refractivity contribution in [2.24, 2.45) is 5.41 Å². The van der Waals surface area contributed by atoms with Crippen LogP contribution in [0.3, 0.4) is 0 Å². The van der Waals surface area contributed by atoms with E-state index < -0.39 is 17.0 Å². The third-order valence-electron chi connectivity index (χ3n) is 3.18. The number of hydrogen-bond acceptors (Lipinski definition) is 3. The molecular formula is C14H17NO3. The van der Waals surface area contributed by atoms with Gasteiger partial charge in [0, 0.05) is 11.6 Å². The smallest absolute Gasteiger partial charge is 0.329 e. The molecule has 0 aromatic rings. The highest BCUT2D eigenvalue weighted by atomic mass is 16.4. The maximum Gasteiger partial charge on any atom is 0.329 e. The van der Waals surface area contributed by atoms with Gasteiger partial charge >= 0.3 is 5.97 Å². The highest BCUT2D eigenvalue weighted by Gasteiger charge is 2.56. The summed E-state index contributed by atoms with van der Waals surface area (Å²) in [4.78, 5) is 10.6. The third-order valence-corrected chi connectivity index (χ3v) is 3.18. The lowest BCUT2D eigenvalue weighted by atomic mass is 9.87. The van der Waals surface area contributed by atoms with E-state index in [-0.39, 0.29) is 0 Å². The van der Waals surface area contributed by atoms with Crippen LogP contribution in [-0.4, -0.2) is 21.8 Å². The summed E-state index contributed by atoms with van der Waals surface area (Å²) < 4.78 is 0. The molecule has 4 nitrogen and oxygen atoms in total. The Morgan fingerprint density at radius 1 is 1.56 bits per heavy atom. The molecule has 0 spiro atoms. The van der Waals surface area contributed by atoms with Crippen molar-refractivity contribution in [1.29, 1.82) is 5.26 Å². The van der Waals surface area contributed by atoms with E-state index in [0.717, 1.165) is 12.5 Å². The lowest BCUT2D eigenvalue weighted by molar-refractivity contribution is -0.131. The molecule has 0 bridgehead atoms. The standard InChI is InChI=1S/C14H17NO3/c1-3-4-11(9-12(16)17)5-6-13(2,18)14(10-15)7-8-14/h9,18H,3-4,7-8H2,1-2H3,(H,16,17)/b11-9-/t13-/m1/s1. The first-order valence-electron chi connectivity index (χ1n) is 5.97. The van der Waals surface area contributed by atoms with E-state index in [9.17, 15) is 9.90 Å². The molecule has 1 fully saturated rings. The lowest BCUT2D eigenvalue weighted by Crippen LogP contribution is -2.33. The predicted molar refractivity (Wildman–Crippen MR) is 66.3 cm³/mol. The molecule has 0 amide bonds. The van der Waals surface area contributed by atoms with Crippen molar-refractivity contribution in [3.63, 3.8) is 0 Å². The Bertz CT molecular complexity index is 467. The minimum absolute atomic E-state index is 0.471. The highest BCUT2D eigenvalue weighted by Crippen LogP contribution is 2.53. The van der Waals surface area contributed by atoms with Crippen LogP contribution in [0.4, 0.5) is 0 Å². The number of aliphatic carboxylic acids is 1. The van der Waals surface area contributed by atoms with Gasteiger partial charge in [-0.2, -0.15) is 5.26 Å². The number of hydrogen-bond donors (Lipinski definition) is 2. The number of aliphatic hydroxyl groups is 1. The van der Waals surface area contributed by atoms with E-state index in [1.807, 2.05) is 6.92 Å². The van der Waals surface area contributed by atoms with Crippen molar-refractivity contribution in [1.82, 2.24) is 0 Å². The Kier molecular flexibility index (Phi) is 4.16. The van der Waals surface area contributed by atoms with Crippen LogP contribution in [0.25, 0.3) is 0 Å². The molecule has 0 unspecified atom stereocenters. The number of allylic oxidation sites excluding steroid dienone is 1. The molecule has 1 aliphatic rings. The number of nitriles is 1. The second kappa shape index (κ2) is 5.25.